The number of rotatable bonds is 5. The molecule has 8 heteroatoms. The van der Waals surface area contributed by atoms with E-state index in [0.29, 0.717) is 18.3 Å². The van der Waals surface area contributed by atoms with Crippen molar-refractivity contribution in [2.45, 2.75) is 13.5 Å². The van der Waals surface area contributed by atoms with Crippen molar-refractivity contribution < 1.29 is 0 Å². The van der Waals surface area contributed by atoms with Gasteiger partial charge in [-0.2, -0.15) is 15.0 Å². The van der Waals surface area contributed by atoms with Crippen molar-refractivity contribution in [3.05, 3.63) is 64.9 Å². The predicted molar refractivity (Wildman–Crippen MR) is 118 cm³/mol. The maximum absolute atomic E-state index is 6.12. The van der Waals surface area contributed by atoms with Crippen molar-refractivity contribution >= 4 is 34.9 Å². The van der Waals surface area contributed by atoms with E-state index in [4.69, 9.17) is 17.3 Å². The Hall–Kier alpha value is -2.90. The van der Waals surface area contributed by atoms with Crippen molar-refractivity contribution in [3.8, 4) is 0 Å². The fourth-order valence-electron chi connectivity index (χ4n) is 3.37. The molecule has 3 N–H and O–H groups in total. The molecule has 3 aromatic rings. The summed E-state index contributed by atoms with van der Waals surface area (Å²) in [5.74, 6) is 1.36. The third-order valence-corrected chi connectivity index (χ3v) is 5.15. The molecule has 7 nitrogen and oxygen atoms in total. The van der Waals surface area contributed by atoms with Gasteiger partial charge in [0.1, 0.15) is 5.82 Å². The van der Waals surface area contributed by atoms with Gasteiger partial charge in [0.25, 0.3) is 0 Å². The molecule has 0 radical (unpaired) electrons. The number of nitrogens with two attached hydrogens (primary N) is 1. The lowest BCUT2D eigenvalue weighted by atomic mass is 10.2. The lowest BCUT2D eigenvalue weighted by Crippen LogP contribution is -2.46. The lowest BCUT2D eigenvalue weighted by molar-refractivity contribution is 0.244. The summed E-state index contributed by atoms with van der Waals surface area (Å²) < 4.78 is 0. The molecule has 0 atom stereocenters. The smallest absolute Gasteiger partial charge is 0.232 e. The highest BCUT2D eigenvalue weighted by atomic mass is 35.5. The van der Waals surface area contributed by atoms with Crippen LogP contribution in [0.3, 0.4) is 0 Å². The number of aromatic nitrogens is 3. The van der Waals surface area contributed by atoms with Gasteiger partial charge in [0.15, 0.2) is 0 Å². The molecule has 0 bridgehead atoms. The molecule has 4 rings (SSSR count). The van der Waals surface area contributed by atoms with Crippen LogP contribution in [0.25, 0.3) is 0 Å². The molecule has 1 fully saturated rings. The van der Waals surface area contributed by atoms with Gasteiger partial charge in [0, 0.05) is 42.6 Å². The van der Waals surface area contributed by atoms with Gasteiger partial charge in [0.05, 0.1) is 6.54 Å². The van der Waals surface area contributed by atoms with E-state index in [2.05, 4.69) is 43.1 Å². The molecule has 29 heavy (non-hydrogen) atoms. The summed E-state index contributed by atoms with van der Waals surface area (Å²) >= 11 is 6.12. The summed E-state index contributed by atoms with van der Waals surface area (Å²) in [5.41, 5.74) is 9.19. The zero-order valence-corrected chi connectivity index (χ0v) is 17.1. The standard InChI is InChI=1S/C21H24ClN7/c1-15-5-7-17(8-6-15)24-21-26-19(25-20(23)27-21)14-28-9-11-29(12-10-28)18-4-2-3-16(22)13-18/h2-8,13H,9-12,14H2,1H3,(H3,23,24,25,26,27). The third-order valence-electron chi connectivity index (χ3n) is 4.92. The zero-order chi connectivity index (χ0) is 20.2. The van der Waals surface area contributed by atoms with Crippen LogP contribution in [0, 0.1) is 6.92 Å². The van der Waals surface area contributed by atoms with Crippen LogP contribution in [-0.2, 0) is 6.54 Å². The zero-order valence-electron chi connectivity index (χ0n) is 16.3. The molecule has 2 heterocycles. The highest BCUT2D eigenvalue weighted by molar-refractivity contribution is 6.30. The van der Waals surface area contributed by atoms with Crippen LogP contribution >= 0.6 is 11.6 Å². The van der Waals surface area contributed by atoms with Crippen LogP contribution in [0.1, 0.15) is 11.4 Å². The van der Waals surface area contributed by atoms with Gasteiger partial charge in [-0.05, 0) is 37.3 Å². The number of nitrogen functional groups attached to an aromatic ring is 1. The predicted octanol–water partition coefficient (Wildman–Crippen LogP) is 3.48. The number of piperazine rings is 1. The number of nitrogens with one attached hydrogen (secondary N) is 1. The summed E-state index contributed by atoms with van der Waals surface area (Å²) in [4.78, 5) is 17.7. The molecule has 1 aliphatic rings. The fraction of sp³-hybridized carbons (Fsp3) is 0.286. The normalized spacial score (nSPS) is 14.8. The number of nitrogens with zero attached hydrogens (tertiary/aromatic N) is 5. The minimum absolute atomic E-state index is 0.224. The van der Waals surface area contributed by atoms with Crippen LogP contribution in [0.15, 0.2) is 48.5 Å². The largest absolute Gasteiger partial charge is 0.369 e. The summed E-state index contributed by atoms with van der Waals surface area (Å²) in [6.45, 7) is 6.37. The second kappa shape index (κ2) is 8.63. The summed E-state index contributed by atoms with van der Waals surface area (Å²) in [6, 6.07) is 16.0. The Morgan fingerprint density at radius 1 is 1.00 bits per heavy atom. The van der Waals surface area contributed by atoms with Gasteiger partial charge in [0.2, 0.25) is 11.9 Å². The Kier molecular flexibility index (Phi) is 5.78. The van der Waals surface area contributed by atoms with E-state index in [1.807, 2.05) is 42.5 Å². The van der Waals surface area contributed by atoms with Crippen molar-refractivity contribution in [1.82, 2.24) is 19.9 Å². The topological polar surface area (TPSA) is 83.2 Å². The molecule has 0 spiro atoms. The van der Waals surface area contributed by atoms with E-state index >= 15 is 0 Å². The van der Waals surface area contributed by atoms with E-state index in [9.17, 15) is 0 Å². The van der Waals surface area contributed by atoms with Gasteiger partial charge in [-0.1, -0.05) is 35.4 Å². The molecule has 0 unspecified atom stereocenters. The molecule has 0 aliphatic carbocycles. The van der Waals surface area contributed by atoms with E-state index < -0.39 is 0 Å². The first-order valence-electron chi connectivity index (χ1n) is 9.62. The van der Waals surface area contributed by atoms with Crippen LogP contribution in [-0.4, -0.2) is 46.0 Å². The van der Waals surface area contributed by atoms with E-state index in [-0.39, 0.29) is 5.95 Å². The molecule has 2 aromatic carbocycles. The van der Waals surface area contributed by atoms with Crippen molar-refractivity contribution in [2.24, 2.45) is 0 Å². The second-order valence-corrected chi connectivity index (χ2v) is 7.60. The Morgan fingerprint density at radius 2 is 1.76 bits per heavy atom. The monoisotopic (exact) mass is 409 g/mol. The number of benzene rings is 2. The van der Waals surface area contributed by atoms with E-state index in [1.54, 1.807) is 0 Å². The van der Waals surface area contributed by atoms with Crippen molar-refractivity contribution in [1.29, 1.82) is 0 Å². The molecule has 1 aromatic heterocycles. The van der Waals surface area contributed by atoms with Crippen LogP contribution in [0.2, 0.25) is 5.02 Å². The second-order valence-electron chi connectivity index (χ2n) is 7.17. The molecule has 150 valence electrons. The third kappa shape index (κ3) is 5.13. The Bertz CT molecular complexity index is 969. The van der Waals surface area contributed by atoms with Gasteiger partial charge in [-0.15, -0.1) is 0 Å². The van der Waals surface area contributed by atoms with Crippen molar-refractivity contribution in [2.75, 3.05) is 42.1 Å². The number of hydrogen-bond acceptors (Lipinski definition) is 7. The summed E-state index contributed by atoms with van der Waals surface area (Å²) in [7, 11) is 0. The minimum atomic E-state index is 0.224. The Labute approximate surface area is 175 Å². The van der Waals surface area contributed by atoms with Gasteiger partial charge in [-0.3, -0.25) is 4.90 Å². The summed E-state index contributed by atoms with van der Waals surface area (Å²) in [6.07, 6.45) is 0. The average molecular weight is 410 g/mol. The molecule has 0 amide bonds. The molecule has 1 aliphatic heterocycles. The van der Waals surface area contributed by atoms with E-state index in [0.717, 1.165) is 42.6 Å². The number of hydrogen-bond donors (Lipinski definition) is 2. The van der Waals surface area contributed by atoms with Crippen LogP contribution in [0.4, 0.5) is 23.3 Å². The van der Waals surface area contributed by atoms with E-state index in [1.165, 1.54) is 5.56 Å². The van der Waals surface area contributed by atoms with Crippen LogP contribution in [0.5, 0.6) is 0 Å². The maximum atomic E-state index is 6.12. The molecule has 1 saturated heterocycles. The quantitative estimate of drug-likeness (QED) is 0.667. The molecule has 0 saturated carbocycles. The number of anilines is 4. The summed E-state index contributed by atoms with van der Waals surface area (Å²) in [5, 5.41) is 3.97. The first-order valence-corrected chi connectivity index (χ1v) is 10.00. The average Bonchev–Trinajstić information content (AvgIpc) is 2.70. The molecular weight excluding hydrogens is 386 g/mol. The Morgan fingerprint density at radius 3 is 2.48 bits per heavy atom. The lowest BCUT2D eigenvalue weighted by Gasteiger charge is -2.35. The maximum Gasteiger partial charge on any atom is 0.232 e. The van der Waals surface area contributed by atoms with Crippen LogP contribution < -0.4 is 16.0 Å². The SMILES string of the molecule is Cc1ccc(Nc2nc(N)nc(CN3CCN(c4cccc(Cl)c4)CC3)n2)cc1. The number of halogens is 1. The number of aryl methyl sites for hydroxylation is 1. The highest BCUT2D eigenvalue weighted by Gasteiger charge is 2.19. The van der Waals surface area contributed by atoms with Gasteiger partial charge < -0.3 is 16.0 Å². The first-order chi connectivity index (χ1) is 14.0. The highest BCUT2D eigenvalue weighted by Crippen LogP contribution is 2.21. The first kappa shape index (κ1) is 19.4. The Balaban J connectivity index is 1.38. The minimum Gasteiger partial charge on any atom is -0.369 e. The fourth-order valence-corrected chi connectivity index (χ4v) is 3.55. The molecular formula is C21H24ClN7. The van der Waals surface area contributed by atoms with Gasteiger partial charge >= 0.3 is 0 Å². The van der Waals surface area contributed by atoms with Gasteiger partial charge in [-0.25, -0.2) is 0 Å². The van der Waals surface area contributed by atoms with Crippen molar-refractivity contribution in [3.63, 3.8) is 0 Å².